The second kappa shape index (κ2) is 26.7. The molecule has 0 saturated carbocycles. The van der Waals surface area contributed by atoms with Crippen molar-refractivity contribution in [2.75, 3.05) is 37.4 Å². The fourth-order valence-electron chi connectivity index (χ4n) is 7.37. The summed E-state index contributed by atoms with van der Waals surface area (Å²) in [4.78, 5) is 26.7. The molecule has 0 spiro atoms. The van der Waals surface area contributed by atoms with Crippen LogP contribution in [0.2, 0.25) is 25.7 Å². The molecule has 2 N–H and O–H groups in total. The van der Waals surface area contributed by atoms with Gasteiger partial charge < -0.3 is 29.2 Å². The molecule has 2 aromatic rings. The number of nitriles is 1. The van der Waals surface area contributed by atoms with Crippen LogP contribution in [0.5, 0.6) is 5.88 Å². The van der Waals surface area contributed by atoms with Crippen molar-refractivity contribution in [2.45, 2.75) is 192 Å². The average Bonchev–Trinajstić information content (AvgIpc) is 3.94. The zero-order valence-electron chi connectivity index (χ0n) is 37.4. The SMILES string of the molecule is CC[C@H]1O[C@@H](n2cnc3c(OCC[Si](C)(C)C)nc(NCCCCCCCCCCCCNC(=O)CC4CCSS4)nc32)C[C@H]1OP(OCCC#N)N(C(C)C)C(C)C. The highest BCUT2D eigenvalue weighted by atomic mass is 33.1. The van der Waals surface area contributed by atoms with Crippen molar-refractivity contribution in [3.8, 4) is 11.9 Å². The summed E-state index contributed by atoms with van der Waals surface area (Å²) in [5, 5.41) is 16.3. The summed E-state index contributed by atoms with van der Waals surface area (Å²) in [6.07, 6.45) is 16.7. The Balaban J connectivity index is 1.27. The van der Waals surface area contributed by atoms with Crippen molar-refractivity contribution in [3.63, 3.8) is 0 Å². The number of nitrogens with zero attached hydrogens (tertiary/aromatic N) is 6. The Morgan fingerprint density at radius 2 is 1.71 bits per heavy atom. The molecule has 2 aliphatic rings. The van der Waals surface area contributed by atoms with Gasteiger partial charge in [-0.05, 0) is 59.4 Å². The molecule has 1 amide bonds. The first kappa shape index (κ1) is 49.9. The van der Waals surface area contributed by atoms with Crippen molar-refractivity contribution in [1.82, 2.24) is 29.5 Å². The number of imidazole rings is 1. The number of carbonyl (C=O) groups is 1. The number of rotatable bonds is 30. The number of hydrogen-bond donors (Lipinski definition) is 2. The van der Waals surface area contributed by atoms with Gasteiger partial charge in [0.25, 0.3) is 8.53 Å². The van der Waals surface area contributed by atoms with Gasteiger partial charge in [0.2, 0.25) is 17.7 Å². The molecule has 4 rings (SSSR count). The predicted molar refractivity (Wildman–Crippen MR) is 249 cm³/mol. The maximum Gasteiger partial charge on any atom is 0.259 e. The molecule has 17 heteroatoms. The normalized spacial score (nSPS) is 20.2. The van der Waals surface area contributed by atoms with Crippen LogP contribution in [0.25, 0.3) is 11.2 Å². The summed E-state index contributed by atoms with van der Waals surface area (Å²) in [7, 11) is 1.04. The summed E-state index contributed by atoms with van der Waals surface area (Å²) in [5.41, 5.74) is 1.33. The molecule has 2 saturated heterocycles. The molecule has 2 aliphatic heterocycles. The number of unbranched alkanes of at least 4 members (excludes halogenated alkanes) is 9. The van der Waals surface area contributed by atoms with Crippen molar-refractivity contribution < 1.29 is 23.3 Å². The number of anilines is 1. The topological polar surface area (TPSA) is 149 Å². The van der Waals surface area contributed by atoms with Crippen LogP contribution in [0, 0.1) is 11.3 Å². The van der Waals surface area contributed by atoms with E-state index in [1.165, 1.54) is 50.7 Å². The van der Waals surface area contributed by atoms with Gasteiger partial charge in [-0.1, -0.05) is 99.5 Å². The first-order valence-electron chi connectivity index (χ1n) is 22.5. The molecule has 2 aromatic heterocycles. The highest BCUT2D eigenvalue weighted by Crippen LogP contribution is 2.50. The monoisotopic (exact) mass is 894 g/mol. The molecular weight excluding hydrogens is 820 g/mol. The van der Waals surface area contributed by atoms with Crippen LogP contribution in [-0.4, -0.2) is 99.8 Å². The zero-order chi connectivity index (χ0) is 42.6. The van der Waals surface area contributed by atoms with Crippen LogP contribution in [0.1, 0.15) is 137 Å². The molecule has 5 atom stereocenters. The smallest absolute Gasteiger partial charge is 0.259 e. The van der Waals surface area contributed by atoms with Crippen LogP contribution in [0.4, 0.5) is 5.95 Å². The number of amides is 1. The summed E-state index contributed by atoms with van der Waals surface area (Å²) in [5.74, 6) is 2.45. The minimum absolute atomic E-state index is 0.134. The molecule has 334 valence electrons. The van der Waals surface area contributed by atoms with Crippen LogP contribution >= 0.6 is 30.1 Å². The number of hydrogen-bond acceptors (Lipinski definition) is 13. The van der Waals surface area contributed by atoms with Gasteiger partial charge in [-0.15, -0.1) is 0 Å². The first-order valence-corrected chi connectivity index (χ1v) is 29.7. The van der Waals surface area contributed by atoms with Crippen LogP contribution in [0.3, 0.4) is 0 Å². The van der Waals surface area contributed by atoms with Gasteiger partial charge in [0.15, 0.2) is 11.2 Å². The predicted octanol–water partition coefficient (Wildman–Crippen LogP) is 10.9. The lowest BCUT2D eigenvalue weighted by molar-refractivity contribution is -0.121. The lowest BCUT2D eigenvalue weighted by Gasteiger charge is -2.37. The van der Waals surface area contributed by atoms with Gasteiger partial charge in [0.1, 0.15) is 6.23 Å². The van der Waals surface area contributed by atoms with Crippen LogP contribution < -0.4 is 15.4 Å². The van der Waals surface area contributed by atoms with Gasteiger partial charge in [-0.25, -0.2) is 9.65 Å². The van der Waals surface area contributed by atoms with Gasteiger partial charge >= 0.3 is 0 Å². The van der Waals surface area contributed by atoms with Gasteiger partial charge in [0, 0.05) is 57.1 Å². The van der Waals surface area contributed by atoms with Gasteiger partial charge in [-0.3, -0.25) is 9.36 Å². The van der Waals surface area contributed by atoms with E-state index in [-0.39, 0.29) is 36.4 Å². The largest absolute Gasteiger partial charge is 0.476 e. The summed E-state index contributed by atoms with van der Waals surface area (Å²) in [6, 6.07) is 3.64. The van der Waals surface area contributed by atoms with E-state index in [1.54, 1.807) is 6.33 Å². The third-order valence-corrected chi connectivity index (χ3v) is 17.4. The molecular formula is C42H75N8O5PS2Si. The Morgan fingerprint density at radius 1 is 1.03 bits per heavy atom. The van der Waals surface area contributed by atoms with Crippen molar-refractivity contribution in [1.29, 1.82) is 5.26 Å². The zero-order valence-corrected chi connectivity index (χ0v) is 40.9. The summed E-state index contributed by atoms with van der Waals surface area (Å²) in [6.45, 7) is 20.3. The summed E-state index contributed by atoms with van der Waals surface area (Å²) >= 11 is 0. The molecule has 0 radical (unpaired) electrons. The standard InChI is InChI=1S/C42H75N8O5PS2Si/c1-9-35-36(55-56(53-25-20-22-43)50(32(2)3)33(4)5)30-38(54-35)49-31-46-39-40(49)47-42(48-41(39)52-26-28-59(6,7)8)45-24-19-17-15-13-11-10-12-14-16-18-23-44-37(51)29-34-21-27-57-58-34/h31-36,38H,9-21,23-30H2,1-8H3,(H,44,51)(H,45,47,48)/t34?,35-,36-,38-,56?/m1/s1. The van der Waals surface area contributed by atoms with E-state index in [0.29, 0.717) is 60.7 Å². The van der Waals surface area contributed by atoms with Crippen molar-refractivity contribution >= 4 is 61.2 Å². The Kier molecular flexibility index (Phi) is 22.6. The molecule has 13 nitrogen and oxygen atoms in total. The van der Waals surface area contributed by atoms with E-state index in [0.717, 1.165) is 51.2 Å². The number of aromatic nitrogens is 4. The Bertz CT molecular complexity index is 1550. The molecule has 2 fully saturated rings. The molecule has 2 unspecified atom stereocenters. The lowest BCUT2D eigenvalue weighted by atomic mass is 10.1. The fourth-order valence-corrected chi connectivity index (χ4v) is 12.7. The summed E-state index contributed by atoms with van der Waals surface area (Å²) < 4.78 is 30.3. The maximum atomic E-state index is 12.1. The van der Waals surface area contributed by atoms with E-state index in [1.807, 2.05) is 26.2 Å². The first-order chi connectivity index (χ1) is 28.4. The molecule has 0 aliphatic carbocycles. The maximum absolute atomic E-state index is 12.1. The molecule has 4 heterocycles. The number of nitrogens with one attached hydrogen (secondary N) is 2. The lowest BCUT2D eigenvalue weighted by Crippen LogP contribution is -2.35. The minimum Gasteiger partial charge on any atom is -0.476 e. The molecule has 0 bridgehead atoms. The van der Waals surface area contributed by atoms with Gasteiger partial charge in [-0.2, -0.15) is 15.2 Å². The Labute approximate surface area is 365 Å². The second-order valence-electron chi connectivity index (χ2n) is 17.6. The minimum atomic E-state index is -1.41. The molecule has 59 heavy (non-hydrogen) atoms. The van der Waals surface area contributed by atoms with E-state index >= 15 is 0 Å². The fraction of sp³-hybridized carbons (Fsp3) is 0.833. The Morgan fingerprint density at radius 3 is 2.32 bits per heavy atom. The third kappa shape index (κ3) is 17.5. The third-order valence-electron chi connectivity index (χ3n) is 10.6. The Hall–Kier alpha value is -1.70. The van der Waals surface area contributed by atoms with Crippen molar-refractivity contribution in [3.05, 3.63) is 6.33 Å². The highest BCUT2D eigenvalue weighted by Gasteiger charge is 2.41. The van der Waals surface area contributed by atoms with E-state index in [9.17, 15) is 10.1 Å². The van der Waals surface area contributed by atoms with Gasteiger partial charge in [0.05, 0.1) is 44.2 Å². The molecule has 0 aromatic carbocycles. The second-order valence-corrected chi connectivity index (χ2v) is 27.5. The number of ether oxygens (including phenoxy) is 2. The number of carbonyl (C=O) groups excluding carboxylic acids is 1. The van der Waals surface area contributed by atoms with Crippen molar-refractivity contribution in [2.24, 2.45) is 0 Å². The van der Waals surface area contributed by atoms with Crippen LogP contribution in [-0.2, 0) is 18.6 Å². The quantitative estimate of drug-likeness (QED) is 0.0332. The average molecular weight is 895 g/mol. The van der Waals surface area contributed by atoms with E-state index < -0.39 is 16.6 Å². The van der Waals surface area contributed by atoms with E-state index in [2.05, 4.69) is 75.6 Å². The highest BCUT2D eigenvalue weighted by molar-refractivity contribution is 8.77. The number of fused-ring (bicyclic) bond motifs is 1. The van der Waals surface area contributed by atoms with E-state index in [4.69, 9.17) is 33.5 Å². The van der Waals surface area contributed by atoms with Crippen LogP contribution in [0.15, 0.2) is 6.33 Å².